The SMILES string of the molecule is COc1cc(C(=O)N2CCC[C@@H](CN)C2)cc2nc(-c3cc4cccc(C5=CCN(C(C)=O)CC5)c4n3CC3CC3)n(C)c12. The molecule has 2 aliphatic heterocycles. The van der Waals surface area contributed by atoms with Crippen LogP contribution in [0.3, 0.4) is 0 Å². The van der Waals surface area contributed by atoms with Gasteiger partial charge in [-0.1, -0.05) is 24.3 Å². The van der Waals surface area contributed by atoms with Crippen molar-refractivity contribution in [1.82, 2.24) is 23.9 Å². The summed E-state index contributed by atoms with van der Waals surface area (Å²) in [5.41, 5.74) is 13.0. The number of para-hydroxylation sites is 1. The van der Waals surface area contributed by atoms with Gasteiger partial charge in [0.2, 0.25) is 5.91 Å². The number of benzene rings is 2. The van der Waals surface area contributed by atoms with Gasteiger partial charge in [-0.15, -0.1) is 0 Å². The summed E-state index contributed by atoms with van der Waals surface area (Å²) < 4.78 is 10.4. The van der Waals surface area contributed by atoms with Crippen molar-refractivity contribution >= 4 is 39.3 Å². The number of aromatic nitrogens is 3. The Morgan fingerprint density at radius 2 is 1.89 bits per heavy atom. The summed E-state index contributed by atoms with van der Waals surface area (Å²) in [6.07, 6.45) is 7.56. The molecule has 0 bridgehead atoms. The monoisotopic (exact) mass is 594 g/mol. The van der Waals surface area contributed by atoms with Gasteiger partial charge in [-0.3, -0.25) is 9.59 Å². The van der Waals surface area contributed by atoms with E-state index in [1.807, 2.05) is 29.0 Å². The number of likely N-dealkylation sites (tertiary alicyclic amines) is 1. The number of imidazole rings is 1. The number of hydrogen-bond donors (Lipinski definition) is 1. The van der Waals surface area contributed by atoms with E-state index in [-0.39, 0.29) is 11.8 Å². The number of nitrogens with two attached hydrogens (primary N) is 1. The number of carbonyl (C=O) groups excluding carboxylic acids is 2. The molecule has 4 heterocycles. The van der Waals surface area contributed by atoms with Crippen LogP contribution in [0.5, 0.6) is 5.75 Å². The number of hydrogen-bond acceptors (Lipinski definition) is 5. The topological polar surface area (TPSA) is 98.6 Å². The minimum Gasteiger partial charge on any atom is -0.494 e. The Hall–Kier alpha value is -4.11. The number of piperidine rings is 1. The third kappa shape index (κ3) is 5.07. The van der Waals surface area contributed by atoms with Gasteiger partial charge in [0.1, 0.15) is 11.3 Å². The molecule has 9 nitrogen and oxygen atoms in total. The van der Waals surface area contributed by atoms with Crippen molar-refractivity contribution in [3.63, 3.8) is 0 Å². The summed E-state index contributed by atoms with van der Waals surface area (Å²) >= 11 is 0. The van der Waals surface area contributed by atoms with Crippen molar-refractivity contribution in [2.45, 2.75) is 45.6 Å². The fourth-order valence-corrected chi connectivity index (χ4v) is 7.16. The molecule has 2 N–H and O–H groups in total. The first-order valence-corrected chi connectivity index (χ1v) is 16.0. The molecule has 1 atom stereocenters. The predicted molar refractivity (Wildman–Crippen MR) is 173 cm³/mol. The molecule has 0 spiro atoms. The van der Waals surface area contributed by atoms with E-state index in [0.29, 0.717) is 42.8 Å². The minimum absolute atomic E-state index is 0.00661. The molecule has 0 radical (unpaired) electrons. The Kier molecular flexibility index (Phi) is 7.44. The van der Waals surface area contributed by atoms with Crippen LogP contribution in [0.15, 0.2) is 42.5 Å². The molecule has 44 heavy (non-hydrogen) atoms. The summed E-state index contributed by atoms with van der Waals surface area (Å²) in [4.78, 5) is 34.6. The number of aryl methyl sites for hydroxylation is 1. The first-order valence-electron chi connectivity index (χ1n) is 16.0. The zero-order valence-corrected chi connectivity index (χ0v) is 26.0. The lowest BCUT2D eigenvalue weighted by atomic mass is 9.97. The van der Waals surface area contributed by atoms with Gasteiger partial charge in [0.15, 0.2) is 5.82 Å². The summed E-state index contributed by atoms with van der Waals surface area (Å²) in [6, 6.07) is 12.6. The third-order valence-electron chi connectivity index (χ3n) is 9.83. The van der Waals surface area contributed by atoms with Crippen LogP contribution in [-0.4, -0.2) is 75.6 Å². The summed E-state index contributed by atoms with van der Waals surface area (Å²) in [6.45, 7) is 6.00. The molecule has 2 amide bonds. The Bertz CT molecular complexity index is 1800. The van der Waals surface area contributed by atoms with Crippen LogP contribution in [-0.2, 0) is 18.4 Å². The molecule has 1 saturated carbocycles. The largest absolute Gasteiger partial charge is 0.494 e. The first kappa shape index (κ1) is 28.6. The smallest absolute Gasteiger partial charge is 0.254 e. The third-order valence-corrected chi connectivity index (χ3v) is 9.83. The van der Waals surface area contributed by atoms with E-state index in [9.17, 15) is 9.59 Å². The lowest BCUT2D eigenvalue weighted by Gasteiger charge is -2.32. The van der Waals surface area contributed by atoms with E-state index in [1.165, 1.54) is 34.9 Å². The maximum atomic E-state index is 13.6. The van der Waals surface area contributed by atoms with Crippen molar-refractivity contribution < 1.29 is 14.3 Å². The Labute approximate surface area is 258 Å². The zero-order valence-electron chi connectivity index (χ0n) is 26.0. The number of ether oxygens (including phenoxy) is 1. The van der Waals surface area contributed by atoms with Crippen LogP contribution >= 0.6 is 0 Å². The van der Waals surface area contributed by atoms with Crippen LogP contribution < -0.4 is 10.5 Å². The van der Waals surface area contributed by atoms with Crippen LogP contribution in [0.25, 0.3) is 39.0 Å². The normalized spacial score (nSPS) is 19.1. The highest BCUT2D eigenvalue weighted by Gasteiger charge is 2.29. The predicted octanol–water partition coefficient (Wildman–Crippen LogP) is 5.06. The number of nitrogens with zero attached hydrogens (tertiary/aromatic N) is 5. The standard InChI is InChI=1S/C35H42N6O3/c1-22(42)39-14-11-25(12-15-39)28-8-4-7-26-17-30(41(32(26)28)21-23-9-10-23)34-37-29-16-27(18-31(44-3)33(29)38(34)2)35(43)40-13-5-6-24(19-36)20-40/h4,7-8,11,16-18,23-24H,5-6,9-10,12-15,19-21,36H2,1-3H3/t24-/m0/s1. The number of fused-ring (bicyclic) bond motifs is 2. The summed E-state index contributed by atoms with van der Waals surface area (Å²) in [5.74, 6) is 2.62. The Balaban J connectivity index is 1.33. The zero-order chi connectivity index (χ0) is 30.5. The fraction of sp³-hybridized carbons (Fsp3) is 0.457. The molecule has 1 aliphatic carbocycles. The molecule has 2 aromatic heterocycles. The van der Waals surface area contributed by atoms with Crippen molar-refractivity contribution in [3.05, 3.63) is 53.6 Å². The van der Waals surface area contributed by atoms with E-state index in [1.54, 1.807) is 14.0 Å². The van der Waals surface area contributed by atoms with Gasteiger partial charge in [-0.05, 0) is 74.3 Å². The molecular weight excluding hydrogens is 552 g/mol. The molecule has 2 fully saturated rings. The number of rotatable bonds is 7. The first-order chi connectivity index (χ1) is 21.4. The van der Waals surface area contributed by atoms with Crippen molar-refractivity contribution in [2.75, 3.05) is 39.8 Å². The van der Waals surface area contributed by atoms with Gasteiger partial charge in [0.05, 0.1) is 23.8 Å². The number of carbonyl (C=O) groups is 2. The molecule has 0 unspecified atom stereocenters. The van der Waals surface area contributed by atoms with Crippen molar-refractivity contribution in [1.29, 1.82) is 0 Å². The highest BCUT2D eigenvalue weighted by atomic mass is 16.5. The number of amides is 2. The van der Waals surface area contributed by atoms with Crippen molar-refractivity contribution in [2.24, 2.45) is 24.6 Å². The van der Waals surface area contributed by atoms with Crippen LogP contribution in [0.1, 0.15) is 54.9 Å². The highest BCUT2D eigenvalue weighted by Crippen LogP contribution is 2.40. The minimum atomic E-state index is 0.00661. The lowest BCUT2D eigenvalue weighted by Crippen LogP contribution is -2.42. The molecule has 4 aromatic rings. The van der Waals surface area contributed by atoms with Crippen LogP contribution in [0.2, 0.25) is 0 Å². The summed E-state index contributed by atoms with van der Waals surface area (Å²) in [5, 5.41) is 1.18. The maximum absolute atomic E-state index is 13.6. The second kappa shape index (κ2) is 11.4. The number of methoxy groups -OCH3 is 1. The van der Waals surface area contributed by atoms with Crippen LogP contribution in [0.4, 0.5) is 0 Å². The molecular formula is C35H42N6O3. The van der Waals surface area contributed by atoms with Gasteiger partial charge in [-0.2, -0.15) is 0 Å². The quantitative estimate of drug-likeness (QED) is 0.323. The van der Waals surface area contributed by atoms with E-state index >= 15 is 0 Å². The second-order valence-electron chi connectivity index (χ2n) is 12.8. The molecule has 2 aromatic carbocycles. The Morgan fingerprint density at radius 3 is 2.59 bits per heavy atom. The van der Waals surface area contributed by atoms with Gasteiger partial charge in [0, 0.05) is 63.2 Å². The molecule has 230 valence electrons. The van der Waals surface area contributed by atoms with Crippen LogP contribution in [0, 0.1) is 11.8 Å². The average molecular weight is 595 g/mol. The molecule has 7 rings (SSSR count). The molecule has 3 aliphatic rings. The van der Waals surface area contributed by atoms with Gasteiger partial charge in [-0.25, -0.2) is 4.98 Å². The maximum Gasteiger partial charge on any atom is 0.254 e. The second-order valence-corrected chi connectivity index (χ2v) is 12.8. The van der Waals surface area contributed by atoms with Crippen molar-refractivity contribution in [3.8, 4) is 17.3 Å². The fourth-order valence-electron chi connectivity index (χ4n) is 7.16. The van der Waals surface area contributed by atoms with E-state index < -0.39 is 0 Å². The van der Waals surface area contributed by atoms with Gasteiger partial charge >= 0.3 is 0 Å². The summed E-state index contributed by atoms with van der Waals surface area (Å²) in [7, 11) is 3.69. The Morgan fingerprint density at radius 1 is 1.05 bits per heavy atom. The van der Waals surface area contributed by atoms with E-state index in [4.69, 9.17) is 15.5 Å². The molecule has 9 heteroatoms. The van der Waals surface area contributed by atoms with E-state index in [2.05, 4.69) is 39.5 Å². The highest BCUT2D eigenvalue weighted by molar-refractivity contribution is 6.01. The van der Waals surface area contributed by atoms with Gasteiger partial charge < -0.3 is 29.4 Å². The van der Waals surface area contributed by atoms with Gasteiger partial charge in [0.25, 0.3) is 5.91 Å². The molecule has 1 saturated heterocycles. The lowest BCUT2D eigenvalue weighted by molar-refractivity contribution is -0.128. The van der Waals surface area contributed by atoms with E-state index in [0.717, 1.165) is 61.4 Å². The average Bonchev–Trinajstić information content (AvgIpc) is 3.72.